The molecule has 0 aromatic heterocycles. The highest BCUT2D eigenvalue weighted by atomic mass is 19.2. The van der Waals surface area contributed by atoms with Crippen molar-refractivity contribution in [2.24, 2.45) is 0 Å². The standard InChI is InChI=1S/C5H4F3N/c6-3-1-4(7)5(8)9-2-3/h1-2,5,9H. The van der Waals surface area contributed by atoms with E-state index in [1.54, 1.807) is 0 Å². The van der Waals surface area contributed by atoms with Crippen LogP contribution in [0.15, 0.2) is 23.9 Å². The molecule has 1 N–H and O–H groups in total. The van der Waals surface area contributed by atoms with Gasteiger partial charge in [0.15, 0.2) is 5.83 Å². The van der Waals surface area contributed by atoms with Crippen molar-refractivity contribution < 1.29 is 13.2 Å². The van der Waals surface area contributed by atoms with Crippen molar-refractivity contribution in [3.05, 3.63) is 23.9 Å². The van der Waals surface area contributed by atoms with E-state index in [0.29, 0.717) is 6.08 Å². The van der Waals surface area contributed by atoms with E-state index in [9.17, 15) is 13.2 Å². The van der Waals surface area contributed by atoms with Gasteiger partial charge < -0.3 is 5.32 Å². The maximum absolute atomic E-state index is 12.0. The molecule has 0 aromatic rings. The third kappa shape index (κ3) is 1.25. The van der Waals surface area contributed by atoms with Crippen LogP contribution in [0.1, 0.15) is 0 Å². The molecule has 1 aliphatic rings. The zero-order chi connectivity index (χ0) is 6.85. The molecule has 1 aliphatic heterocycles. The topological polar surface area (TPSA) is 12.0 Å². The second kappa shape index (κ2) is 2.13. The lowest BCUT2D eigenvalue weighted by Gasteiger charge is -2.08. The van der Waals surface area contributed by atoms with Crippen molar-refractivity contribution in [1.29, 1.82) is 0 Å². The normalized spacial score (nSPS) is 26.3. The van der Waals surface area contributed by atoms with E-state index in [0.717, 1.165) is 6.20 Å². The molecular weight excluding hydrogens is 131 g/mol. The van der Waals surface area contributed by atoms with Crippen LogP contribution in [0.4, 0.5) is 13.2 Å². The highest BCUT2D eigenvalue weighted by Crippen LogP contribution is 2.14. The van der Waals surface area contributed by atoms with Crippen LogP contribution in [-0.2, 0) is 0 Å². The van der Waals surface area contributed by atoms with E-state index in [4.69, 9.17) is 0 Å². The second-order valence-corrected chi connectivity index (χ2v) is 1.59. The minimum absolute atomic E-state index is 0.501. The summed E-state index contributed by atoms with van der Waals surface area (Å²) < 4.78 is 35.9. The number of dihydropyridines is 1. The first-order valence-electron chi connectivity index (χ1n) is 2.33. The Balaban J connectivity index is 2.74. The highest BCUT2D eigenvalue weighted by Gasteiger charge is 2.14. The fraction of sp³-hybridized carbons (Fsp3) is 0.200. The molecule has 0 aliphatic carbocycles. The molecule has 0 bridgehead atoms. The number of nitrogens with one attached hydrogen (secondary N) is 1. The quantitative estimate of drug-likeness (QED) is 0.497. The lowest BCUT2D eigenvalue weighted by Crippen LogP contribution is -2.22. The van der Waals surface area contributed by atoms with E-state index < -0.39 is 17.9 Å². The molecule has 50 valence electrons. The van der Waals surface area contributed by atoms with Crippen molar-refractivity contribution in [1.82, 2.24) is 5.32 Å². The van der Waals surface area contributed by atoms with Crippen LogP contribution in [-0.4, -0.2) is 6.30 Å². The SMILES string of the molecule is FC1=CNC(F)C(F)=C1. The lowest BCUT2D eigenvalue weighted by molar-refractivity contribution is 0.290. The zero-order valence-electron chi connectivity index (χ0n) is 4.37. The molecule has 0 saturated carbocycles. The first kappa shape index (κ1) is 6.19. The molecule has 0 amide bonds. The number of alkyl halides is 1. The molecule has 1 nitrogen and oxygen atoms in total. The van der Waals surface area contributed by atoms with Gasteiger partial charge in [-0.25, -0.2) is 13.2 Å². The largest absolute Gasteiger partial charge is 0.354 e. The zero-order valence-corrected chi connectivity index (χ0v) is 4.37. The molecule has 1 heterocycles. The van der Waals surface area contributed by atoms with Gasteiger partial charge in [0.25, 0.3) is 0 Å². The highest BCUT2D eigenvalue weighted by molar-refractivity contribution is 5.20. The molecule has 9 heavy (non-hydrogen) atoms. The number of hydrogen-bond donors (Lipinski definition) is 1. The summed E-state index contributed by atoms with van der Waals surface area (Å²) in [6, 6.07) is 0. The molecule has 0 fully saturated rings. The lowest BCUT2D eigenvalue weighted by atomic mass is 10.3. The molecule has 4 heteroatoms. The summed E-state index contributed by atoms with van der Waals surface area (Å²) in [5, 5.41) is 1.83. The van der Waals surface area contributed by atoms with Crippen LogP contribution in [0.25, 0.3) is 0 Å². The van der Waals surface area contributed by atoms with Crippen LogP contribution >= 0.6 is 0 Å². The minimum Gasteiger partial charge on any atom is -0.354 e. The molecule has 1 atom stereocenters. The van der Waals surface area contributed by atoms with Gasteiger partial charge in [-0.15, -0.1) is 0 Å². The molecule has 0 aromatic carbocycles. The summed E-state index contributed by atoms with van der Waals surface area (Å²) in [5.74, 6) is -1.93. The van der Waals surface area contributed by atoms with Gasteiger partial charge in [-0.3, -0.25) is 0 Å². The summed E-state index contributed by atoms with van der Waals surface area (Å²) in [4.78, 5) is 0. The summed E-state index contributed by atoms with van der Waals surface area (Å²) in [6.07, 6.45) is -0.612. The van der Waals surface area contributed by atoms with Gasteiger partial charge in [0, 0.05) is 12.3 Å². The smallest absolute Gasteiger partial charge is 0.222 e. The van der Waals surface area contributed by atoms with Crippen LogP contribution in [0, 0.1) is 0 Å². The van der Waals surface area contributed by atoms with E-state index in [2.05, 4.69) is 0 Å². The summed E-state index contributed by atoms with van der Waals surface area (Å²) in [5.41, 5.74) is 0. The molecule has 0 radical (unpaired) electrons. The fourth-order valence-electron chi connectivity index (χ4n) is 0.479. The Kier molecular flexibility index (Phi) is 1.46. The fourth-order valence-corrected chi connectivity index (χ4v) is 0.479. The van der Waals surface area contributed by atoms with Crippen molar-refractivity contribution >= 4 is 0 Å². The van der Waals surface area contributed by atoms with Crippen molar-refractivity contribution in [3.63, 3.8) is 0 Å². The summed E-state index contributed by atoms with van der Waals surface area (Å²) >= 11 is 0. The average Bonchev–Trinajstić information content (AvgIpc) is 1.80. The van der Waals surface area contributed by atoms with Gasteiger partial charge in [0.05, 0.1) is 0 Å². The summed E-state index contributed by atoms with van der Waals surface area (Å²) in [6.45, 7) is 0. The first-order valence-corrected chi connectivity index (χ1v) is 2.33. The predicted octanol–water partition coefficient (Wildman–Crippen LogP) is 1.55. The minimum atomic E-state index is -1.88. The number of allylic oxidation sites excluding steroid dienone is 2. The average molecular weight is 135 g/mol. The maximum atomic E-state index is 12.0. The van der Waals surface area contributed by atoms with E-state index >= 15 is 0 Å². The molecule has 1 rings (SSSR count). The Morgan fingerprint density at radius 1 is 1.44 bits per heavy atom. The van der Waals surface area contributed by atoms with Crippen molar-refractivity contribution in [2.75, 3.05) is 0 Å². The van der Waals surface area contributed by atoms with Gasteiger partial charge in [0.1, 0.15) is 5.83 Å². The number of halogens is 3. The molecule has 0 spiro atoms. The molecular formula is C5H4F3N. The second-order valence-electron chi connectivity index (χ2n) is 1.59. The summed E-state index contributed by atoms with van der Waals surface area (Å²) in [7, 11) is 0. The maximum Gasteiger partial charge on any atom is 0.222 e. The van der Waals surface area contributed by atoms with Crippen LogP contribution in [0.2, 0.25) is 0 Å². The van der Waals surface area contributed by atoms with Gasteiger partial charge in [-0.05, 0) is 0 Å². The third-order valence-electron chi connectivity index (χ3n) is 0.885. The Morgan fingerprint density at radius 2 is 2.11 bits per heavy atom. The van der Waals surface area contributed by atoms with Crippen molar-refractivity contribution in [2.45, 2.75) is 6.30 Å². The Morgan fingerprint density at radius 3 is 2.56 bits per heavy atom. The Labute approximate surface area is 49.9 Å². The van der Waals surface area contributed by atoms with E-state index in [1.165, 1.54) is 0 Å². The van der Waals surface area contributed by atoms with Gasteiger partial charge >= 0.3 is 0 Å². The Bertz CT molecular complexity index is 173. The predicted molar refractivity (Wildman–Crippen MR) is 26.4 cm³/mol. The van der Waals surface area contributed by atoms with Gasteiger partial charge in [-0.2, -0.15) is 0 Å². The molecule has 0 saturated heterocycles. The molecule has 1 unspecified atom stereocenters. The number of hydrogen-bond acceptors (Lipinski definition) is 1. The number of rotatable bonds is 0. The van der Waals surface area contributed by atoms with Gasteiger partial charge in [-0.1, -0.05) is 0 Å². The van der Waals surface area contributed by atoms with Crippen LogP contribution in [0.5, 0.6) is 0 Å². The van der Waals surface area contributed by atoms with Crippen molar-refractivity contribution in [3.8, 4) is 0 Å². The Hall–Kier alpha value is -0.930. The van der Waals surface area contributed by atoms with Crippen LogP contribution in [0.3, 0.4) is 0 Å². The first-order chi connectivity index (χ1) is 4.20. The van der Waals surface area contributed by atoms with E-state index in [-0.39, 0.29) is 0 Å². The van der Waals surface area contributed by atoms with Crippen LogP contribution < -0.4 is 5.32 Å². The third-order valence-corrected chi connectivity index (χ3v) is 0.885. The monoisotopic (exact) mass is 135 g/mol. The van der Waals surface area contributed by atoms with Gasteiger partial charge in [0.2, 0.25) is 6.30 Å². The van der Waals surface area contributed by atoms with E-state index in [1.807, 2.05) is 5.32 Å².